The van der Waals surface area contributed by atoms with E-state index in [4.69, 9.17) is 0 Å². The van der Waals surface area contributed by atoms with Crippen LogP contribution in [-0.4, -0.2) is 0 Å². The molecule has 0 aromatic heterocycles. The van der Waals surface area contributed by atoms with Crippen LogP contribution in [-0.2, 0) is 0 Å². The van der Waals surface area contributed by atoms with E-state index in [1.165, 1.54) is 25.7 Å². The summed E-state index contributed by atoms with van der Waals surface area (Å²) >= 11 is 0. The lowest BCUT2D eigenvalue weighted by Gasteiger charge is -2.08. The molecule has 0 aliphatic heterocycles. The van der Waals surface area contributed by atoms with Crippen LogP contribution in [0.1, 0.15) is 67.2 Å². The summed E-state index contributed by atoms with van der Waals surface area (Å²) in [6, 6.07) is 0. The lowest BCUT2D eigenvalue weighted by Crippen LogP contribution is -1.94. The average molecular weight is 172 g/mol. The lowest BCUT2D eigenvalue weighted by atomic mass is 9.98. The molecule has 0 N–H and O–H groups in total. The predicted molar refractivity (Wildman–Crippen MR) is 59.5 cm³/mol. The molecule has 0 unspecified atom stereocenters. The second-order valence-corrected chi connectivity index (χ2v) is 4.20. The van der Waals surface area contributed by atoms with Gasteiger partial charge in [0, 0.05) is 0 Å². The van der Waals surface area contributed by atoms with Crippen molar-refractivity contribution in [3.63, 3.8) is 0 Å². The Bertz CT molecular complexity index is 57.7. The zero-order valence-corrected chi connectivity index (χ0v) is 9.98. The van der Waals surface area contributed by atoms with E-state index >= 15 is 0 Å². The molecule has 0 saturated heterocycles. The van der Waals surface area contributed by atoms with Gasteiger partial charge in [-0.1, -0.05) is 67.2 Å². The Morgan fingerprint density at radius 1 is 0.833 bits per heavy atom. The van der Waals surface area contributed by atoms with E-state index in [1.807, 2.05) is 0 Å². The minimum Gasteiger partial charge on any atom is -0.0654 e. The van der Waals surface area contributed by atoms with E-state index in [2.05, 4.69) is 41.5 Å². The Kier molecular flexibility index (Phi) is 13.3. The highest BCUT2D eigenvalue weighted by atomic mass is 14.0. The molecule has 0 fully saturated rings. The Morgan fingerprint density at radius 3 is 1.25 bits per heavy atom. The van der Waals surface area contributed by atoms with E-state index in [0.29, 0.717) is 0 Å². The Balaban J connectivity index is 0. The molecule has 0 nitrogen and oxygen atoms in total. The van der Waals surface area contributed by atoms with Crippen molar-refractivity contribution in [2.45, 2.75) is 67.2 Å². The summed E-state index contributed by atoms with van der Waals surface area (Å²) in [6.07, 6.45) is 5.51. The Hall–Kier alpha value is 0. The molecular weight excluding hydrogens is 144 g/mol. The van der Waals surface area contributed by atoms with Crippen molar-refractivity contribution in [3.8, 4) is 0 Å². The van der Waals surface area contributed by atoms with E-state index in [1.54, 1.807) is 0 Å². The van der Waals surface area contributed by atoms with Gasteiger partial charge in [0.2, 0.25) is 0 Å². The maximum absolute atomic E-state index is 2.28. The van der Waals surface area contributed by atoms with Crippen molar-refractivity contribution in [2.24, 2.45) is 11.8 Å². The summed E-state index contributed by atoms with van der Waals surface area (Å²) in [4.78, 5) is 0. The van der Waals surface area contributed by atoms with Gasteiger partial charge in [-0.3, -0.25) is 0 Å². The molecule has 0 saturated carbocycles. The van der Waals surface area contributed by atoms with Crippen LogP contribution in [0.3, 0.4) is 0 Å². The van der Waals surface area contributed by atoms with Gasteiger partial charge in [-0.25, -0.2) is 0 Å². The van der Waals surface area contributed by atoms with Crippen molar-refractivity contribution in [1.29, 1.82) is 0 Å². The Morgan fingerprint density at radius 2 is 1.17 bits per heavy atom. The molecule has 76 valence electrons. The summed E-state index contributed by atoms with van der Waals surface area (Å²) in [7, 11) is 0. The first kappa shape index (κ1) is 14.5. The van der Waals surface area contributed by atoms with Gasteiger partial charge in [0.25, 0.3) is 0 Å². The average Bonchev–Trinajstić information content (AvgIpc) is 1.99. The summed E-state index contributed by atoms with van der Waals surface area (Å²) in [6.45, 7) is 13.3. The predicted octanol–water partition coefficient (Wildman–Crippen LogP) is 4.89. The fourth-order valence-corrected chi connectivity index (χ4v) is 1.11. The van der Waals surface area contributed by atoms with Crippen LogP contribution in [0.4, 0.5) is 0 Å². The zero-order valence-electron chi connectivity index (χ0n) is 9.98. The molecule has 0 heteroatoms. The van der Waals surface area contributed by atoms with Crippen molar-refractivity contribution in [2.75, 3.05) is 0 Å². The maximum atomic E-state index is 2.28. The number of hydrogen-bond donors (Lipinski definition) is 0. The maximum Gasteiger partial charge on any atom is -0.0420 e. The van der Waals surface area contributed by atoms with Crippen LogP contribution in [0.2, 0.25) is 0 Å². The van der Waals surface area contributed by atoms with E-state index in [0.717, 1.165) is 11.8 Å². The number of hydrogen-bond acceptors (Lipinski definition) is 0. The molecule has 0 spiro atoms. The molecule has 0 bridgehead atoms. The molecular formula is C12H28. The smallest absolute Gasteiger partial charge is 0.0420 e. The van der Waals surface area contributed by atoms with Crippen LogP contribution < -0.4 is 0 Å². The SMILES string of the molecule is CC(C)C.CCCC(CC)CC. The first-order chi connectivity index (χ1) is 5.58. The molecule has 0 heterocycles. The monoisotopic (exact) mass is 172 g/mol. The van der Waals surface area contributed by atoms with Crippen LogP contribution in [0.15, 0.2) is 0 Å². The van der Waals surface area contributed by atoms with Gasteiger partial charge in [-0.15, -0.1) is 0 Å². The van der Waals surface area contributed by atoms with Crippen molar-refractivity contribution < 1.29 is 0 Å². The van der Waals surface area contributed by atoms with Crippen LogP contribution in [0.25, 0.3) is 0 Å². The van der Waals surface area contributed by atoms with Crippen molar-refractivity contribution >= 4 is 0 Å². The largest absolute Gasteiger partial charge is 0.0654 e. The summed E-state index contributed by atoms with van der Waals surface area (Å²) in [5.74, 6) is 1.83. The van der Waals surface area contributed by atoms with Gasteiger partial charge in [0.1, 0.15) is 0 Å². The third kappa shape index (κ3) is 16.5. The summed E-state index contributed by atoms with van der Waals surface area (Å²) in [5, 5.41) is 0. The van der Waals surface area contributed by atoms with Gasteiger partial charge in [0.05, 0.1) is 0 Å². The second-order valence-electron chi connectivity index (χ2n) is 4.20. The fraction of sp³-hybridized carbons (Fsp3) is 1.00. The topological polar surface area (TPSA) is 0 Å². The molecule has 0 radical (unpaired) electrons. The lowest BCUT2D eigenvalue weighted by molar-refractivity contribution is 0.451. The van der Waals surface area contributed by atoms with Crippen LogP contribution in [0.5, 0.6) is 0 Å². The first-order valence-electron chi connectivity index (χ1n) is 5.58. The van der Waals surface area contributed by atoms with Crippen LogP contribution >= 0.6 is 0 Å². The van der Waals surface area contributed by atoms with Crippen LogP contribution in [0, 0.1) is 11.8 Å². The molecule has 0 aliphatic rings. The molecule has 0 amide bonds. The van der Waals surface area contributed by atoms with Gasteiger partial charge in [-0.2, -0.15) is 0 Å². The third-order valence-electron chi connectivity index (χ3n) is 1.85. The first-order valence-corrected chi connectivity index (χ1v) is 5.58. The normalized spacial score (nSPS) is 10.0. The van der Waals surface area contributed by atoms with E-state index < -0.39 is 0 Å². The fourth-order valence-electron chi connectivity index (χ4n) is 1.11. The van der Waals surface area contributed by atoms with E-state index in [9.17, 15) is 0 Å². The highest BCUT2D eigenvalue weighted by Crippen LogP contribution is 2.13. The second kappa shape index (κ2) is 11.0. The van der Waals surface area contributed by atoms with Gasteiger partial charge in [0.15, 0.2) is 0 Å². The summed E-state index contributed by atoms with van der Waals surface area (Å²) < 4.78 is 0. The highest BCUT2D eigenvalue weighted by molar-refractivity contribution is 4.51. The minimum absolute atomic E-state index is 0.833. The molecule has 12 heavy (non-hydrogen) atoms. The molecule has 0 aliphatic carbocycles. The molecule has 0 rings (SSSR count). The third-order valence-corrected chi connectivity index (χ3v) is 1.85. The minimum atomic E-state index is 0.833. The molecule has 0 aromatic carbocycles. The van der Waals surface area contributed by atoms with E-state index in [-0.39, 0.29) is 0 Å². The standard InChI is InChI=1S/C8H18.C4H10/c1-4-7-8(5-2)6-3;1-4(2)3/h8H,4-7H2,1-3H3;4H,1-3H3. The molecule has 0 aromatic rings. The summed E-state index contributed by atoms with van der Waals surface area (Å²) in [5.41, 5.74) is 0. The quantitative estimate of drug-likeness (QED) is 0.566. The number of rotatable bonds is 4. The molecule has 0 atom stereocenters. The Labute approximate surface area is 79.8 Å². The van der Waals surface area contributed by atoms with Crippen molar-refractivity contribution in [3.05, 3.63) is 0 Å². The highest BCUT2D eigenvalue weighted by Gasteiger charge is 1.98. The van der Waals surface area contributed by atoms with Gasteiger partial charge < -0.3 is 0 Å². The van der Waals surface area contributed by atoms with Gasteiger partial charge in [-0.05, 0) is 11.8 Å². The van der Waals surface area contributed by atoms with Crippen molar-refractivity contribution in [1.82, 2.24) is 0 Å². The van der Waals surface area contributed by atoms with Gasteiger partial charge >= 0.3 is 0 Å². The zero-order chi connectivity index (χ0) is 9.98.